The number of hydrogen-bond acceptors (Lipinski definition) is 0. The van der Waals surface area contributed by atoms with Crippen molar-refractivity contribution in [3.63, 3.8) is 0 Å². The van der Waals surface area contributed by atoms with Crippen LogP contribution in [0.1, 0.15) is 72.6 Å². The molecule has 11 heavy (non-hydrogen) atoms. The second kappa shape index (κ2) is 16.5. The predicted octanol–water partition coefficient (Wildman–Crippen LogP) is 4.78. The van der Waals surface area contributed by atoms with Gasteiger partial charge >= 0.3 is 0 Å². The van der Waals surface area contributed by atoms with E-state index < -0.39 is 0 Å². The van der Waals surface area contributed by atoms with Crippen LogP contribution in [-0.2, 0) is 0 Å². The molecule has 0 heteroatoms. The third-order valence-electron chi connectivity index (χ3n) is 1.35. The van der Waals surface area contributed by atoms with Crippen molar-refractivity contribution in [1.82, 2.24) is 0 Å². The first kappa shape index (κ1) is 13.6. The minimum absolute atomic E-state index is 1.50. The third kappa shape index (κ3) is 25.6. The molecule has 0 aromatic carbocycles. The minimum atomic E-state index is 1.50. The van der Waals surface area contributed by atoms with E-state index in [0.29, 0.717) is 0 Å². The summed E-state index contributed by atoms with van der Waals surface area (Å²) in [5, 5.41) is 0. The van der Waals surface area contributed by atoms with Crippen LogP contribution in [0, 0.1) is 0 Å². The summed E-state index contributed by atoms with van der Waals surface area (Å²) < 4.78 is 0. The highest BCUT2D eigenvalue weighted by molar-refractivity contribution is 4.51. The van der Waals surface area contributed by atoms with Crippen LogP contribution >= 0.6 is 0 Å². The van der Waals surface area contributed by atoms with Gasteiger partial charge in [0.25, 0.3) is 0 Å². The molecule has 2 fully saturated rings. The zero-order chi connectivity index (χ0) is 8.95. The lowest BCUT2D eigenvalue weighted by atomic mass is 10.0. The highest BCUT2D eigenvalue weighted by Crippen LogP contribution is 2.15. The molecule has 0 nitrogen and oxygen atoms in total. The Bertz CT molecular complexity index is 26.5. The van der Waals surface area contributed by atoms with Gasteiger partial charge in [-0.25, -0.2) is 0 Å². The Hall–Kier alpha value is 0. The van der Waals surface area contributed by atoms with Crippen LogP contribution in [0.4, 0.5) is 0 Å². The molecule has 0 aliphatic heterocycles. The van der Waals surface area contributed by atoms with Gasteiger partial charge in [0.2, 0.25) is 0 Å². The highest BCUT2D eigenvalue weighted by Gasteiger charge is 1.95. The molecule has 0 bridgehead atoms. The van der Waals surface area contributed by atoms with Crippen molar-refractivity contribution in [1.29, 1.82) is 0 Å². The van der Waals surface area contributed by atoms with E-state index in [2.05, 4.69) is 0 Å². The fourth-order valence-electron chi connectivity index (χ4n) is 0.250. The topological polar surface area (TPSA) is 0 Å². The van der Waals surface area contributed by atoms with Crippen molar-refractivity contribution in [3.05, 3.63) is 0 Å². The molecule has 2 aliphatic carbocycles. The van der Waals surface area contributed by atoms with Crippen molar-refractivity contribution < 1.29 is 0 Å². The number of hydrogen-bond donors (Lipinski definition) is 0. The lowest BCUT2D eigenvalue weighted by Gasteiger charge is -2.05. The molecule has 0 saturated heterocycles. The van der Waals surface area contributed by atoms with Crippen molar-refractivity contribution >= 4 is 0 Å². The van der Waals surface area contributed by atoms with Crippen LogP contribution in [0.25, 0.3) is 0 Å². The van der Waals surface area contributed by atoms with Crippen LogP contribution in [0.15, 0.2) is 0 Å². The molecule has 0 atom stereocenters. The molecule has 0 amide bonds. The van der Waals surface area contributed by atoms with Crippen molar-refractivity contribution in [2.75, 3.05) is 0 Å². The van der Waals surface area contributed by atoms with Gasteiger partial charge in [-0.1, -0.05) is 72.6 Å². The second-order valence-corrected chi connectivity index (χ2v) is 2.47. The average Bonchev–Trinajstić information content (AvgIpc) is 2.76. The Balaban J connectivity index is 0. The Kier molecular flexibility index (Phi) is 20.4. The minimum Gasteiger partial charge on any atom is -0.0683 e. The first-order chi connectivity index (χ1) is 5.50. The summed E-state index contributed by atoms with van der Waals surface area (Å²) in [5.74, 6) is 0. The lowest BCUT2D eigenvalue weighted by molar-refractivity contribution is 0.504. The molecular weight excluding hydrogens is 132 g/mol. The standard InChI is InChI=1S/C4H8.C3H6.2C2H6/c1-2-4-3-1;1-2-3-1;2*1-2/h1-4H2;1-3H2;2*1-2H3. The quantitative estimate of drug-likeness (QED) is 0.476. The summed E-state index contributed by atoms with van der Waals surface area (Å²) >= 11 is 0. The summed E-state index contributed by atoms with van der Waals surface area (Å²) in [6.07, 6.45) is 10.5. The van der Waals surface area contributed by atoms with E-state index in [-0.39, 0.29) is 0 Å². The molecule has 0 N–H and O–H groups in total. The summed E-state index contributed by atoms with van der Waals surface area (Å²) in [6.45, 7) is 8.00. The van der Waals surface area contributed by atoms with E-state index in [9.17, 15) is 0 Å². The zero-order valence-electron chi connectivity index (χ0n) is 8.95. The van der Waals surface area contributed by atoms with E-state index >= 15 is 0 Å². The van der Waals surface area contributed by atoms with Gasteiger partial charge in [0.15, 0.2) is 0 Å². The van der Waals surface area contributed by atoms with Crippen molar-refractivity contribution in [2.24, 2.45) is 0 Å². The lowest BCUT2D eigenvalue weighted by Crippen LogP contribution is -1.85. The van der Waals surface area contributed by atoms with Gasteiger partial charge in [0.05, 0.1) is 0 Å². The maximum atomic E-state index is 2.00. The second-order valence-electron chi connectivity index (χ2n) is 2.47. The maximum absolute atomic E-state index is 2.00. The van der Waals surface area contributed by atoms with Crippen LogP contribution in [-0.4, -0.2) is 0 Å². The van der Waals surface area contributed by atoms with Gasteiger partial charge in [0.1, 0.15) is 0 Å². The molecule has 2 aliphatic rings. The average molecular weight is 158 g/mol. The van der Waals surface area contributed by atoms with E-state index in [1.807, 2.05) is 27.7 Å². The molecule has 2 saturated carbocycles. The molecule has 0 spiro atoms. The van der Waals surface area contributed by atoms with Crippen molar-refractivity contribution in [3.8, 4) is 0 Å². The summed E-state index contributed by atoms with van der Waals surface area (Å²) in [5.41, 5.74) is 0. The van der Waals surface area contributed by atoms with Crippen LogP contribution in [0.5, 0.6) is 0 Å². The normalized spacial score (nSPS) is 16.4. The molecule has 70 valence electrons. The largest absolute Gasteiger partial charge is 0.0683 e. The molecule has 2 rings (SSSR count). The Morgan fingerprint density at radius 1 is 0.364 bits per heavy atom. The third-order valence-corrected chi connectivity index (χ3v) is 1.35. The van der Waals surface area contributed by atoms with E-state index in [0.717, 1.165) is 0 Å². The van der Waals surface area contributed by atoms with E-state index in [1.54, 1.807) is 0 Å². The fraction of sp³-hybridized carbons (Fsp3) is 1.00. The fourth-order valence-corrected chi connectivity index (χ4v) is 0.250. The first-order valence-electron chi connectivity index (χ1n) is 5.50. The molecule has 0 radical (unpaired) electrons. The van der Waals surface area contributed by atoms with Gasteiger partial charge in [0, 0.05) is 0 Å². The van der Waals surface area contributed by atoms with Crippen LogP contribution in [0.3, 0.4) is 0 Å². The molecule has 0 aromatic heterocycles. The number of rotatable bonds is 0. The van der Waals surface area contributed by atoms with Gasteiger partial charge in [-0.3, -0.25) is 0 Å². The SMILES string of the molecule is C1CC1.C1CCC1.CC.CC. The Labute approximate surface area is 73.4 Å². The van der Waals surface area contributed by atoms with E-state index in [1.165, 1.54) is 44.9 Å². The molecule has 0 heterocycles. The predicted molar refractivity (Wildman–Crippen MR) is 55.0 cm³/mol. The molecule has 0 unspecified atom stereocenters. The molecule has 0 aromatic rings. The summed E-state index contributed by atoms with van der Waals surface area (Å²) in [7, 11) is 0. The first-order valence-corrected chi connectivity index (χ1v) is 5.50. The van der Waals surface area contributed by atoms with Gasteiger partial charge < -0.3 is 0 Å². The van der Waals surface area contributed by atoms with Crippen LogP contribution < -0.4 is 0 Å². The summed E-state index contributed by atoms with van der Waals surface area (Å²) in [4.78, 5) is 0. The monoisotopic (exact) mass is 158 g/mol. The zero-order valence-corrected chi connectivity index (χ0v) is 8.95. The van der Waals surface area contributed by atoms with Gasteiger partial charge in [-0.15, -0.1) is 0 Å². The van der Waals surface area contributed by atoms with Gasteiger partial charge in [-0.05, 0) is 0 Å². The van der Waals surface area contributed by atoms with Crippen molar-refractivity contribution in [2.45, 2.75) is 72.6 Å². The maximum Gasteiger partial charge on any atom is -0.0533 e. The smallest absolute Gasteiger partial charge is 0.0533 e. The Morgan fingerprint density at radius 2 is 0.455 bits per heavy atom. The Morgan fingerprint density at radius 3 is 0.455 bits per heavy atom. The molecular formula is C11H26. The summed E-state index contributed by atoms with van der Waals surface area (Å²) in [6, 6.07) is 0. The highest BCUT2D eigenvalue weighted by atomic mass is 14.0. The van der Waals surface area contributed by atoms with Crippen LogP contribution in [0.2, 0.25) is 0 Å². The van der Waals surface area contributed by atoms with E-state index in [4.69, 9.17) is 0 Å². The van der Waals surface area contributed by atoms with Gasteiger partial charge in [-0.2, -0.15) is 0 Å².